The minimum Gasteiger partial charge on any atom is -0.475 e. The van der Waals surface area contributed by atoms with Gasteiger partial charge in [0.2, 0.25) is 10.9 Å². The molecule has 20 heavy (non-hydrogen) atoms. The summed E-state index contributed by atoms with van der Waals surface area (Å²) in [4.78, 5) is 10.7. The summed E-state index contributed by atoms with van der Waals surface area (Å²) in [5.74, 6) is -1.72. The van der Waals surface area contributed by atoms with Gasteiger partial charge in [-0.2, -0.15) is 8.42 Å². The van der Waals surface area contributed by atoms with Gasteiger partial charge in [0.1, 0.15) is 0 Å². The fraction of sp³-hybridized carbons (Fsp3) is 0.154. The van der Waals surface area contributed by atoms with Gasteiger partial charge in [-0.15, -0.1) is 0 Å². The molecule has 0 aliphatic heterocycles. The van der Waals surface area contributed by atoms with Crippen LogP contribution in [0.25, 0.3) is 0 Å². The maximum absolute atomic E-state index is 12.4. The summed E-state index contributed by atoms with van der Waals surface area (Å²) in [5, 5.41) is 8.39. The van der Waals surface area contributed by atoms with Gasteiger partial charge < -0.3 is 9.52 Å². The first-order valence-electron chi connectivity index (χ1n) is 5.87. The standard InChI is InChI=1S/C13H13NO5S/c1-2-14(10-6-4-3-5-7-10)20(17,18)12-9-8-11(19-12)13(15)16/h3-9H,2H2,1H3,(H,15,16). The number of hydrogen-bond acceptors (Lipinski definition) is 4. The Labute approximate surface area is 116 Å². The molecule has 1 N–H and O–H groups in total. The van der Waals surface area contributed by atoms with Gasteiger partial charge in [-0.05, 0) is 31.2 Å². The van der Waals surface area contributed by atoms with Crippen LogP contribution in [0, 0.1) is 0 Å². The Balaban J connectivity index is 2.44. The molecule has 1 aromatic heterocycles. The van der Waals surface area contributed by atoms with Crippen molar-refractivity contribution in [1.29, 1.82) is 0 Å². The van der Waals surface area contributed by atoms with Crippen LogP contribution in [0.4, 0.5) is 5.69 Å². The highest BCUT2D eigenvalue weighted by Gasteiger charge is 2.27. The monoisotopic (exact) mass is 295 g/mol. The van der Waals surface area contributed by atoms with E-state index in [1.807, 2.05) is 0 Å². The largest absolute Gasteiger partial charge is 0.475 e. The van der Waals surface area contributed by atoms with Crippen LogP contribution in [0.1, 0.15) is 17.5 Å². The molecule has 0 saturated carbocycles. The lowest BCUT2D eigenvalue weighted by atomic mass is 10.3. The Morgan fingerprint density at radius 2 is 1.85 bits per heavy atom. The number of hydrogen-bond donors (Lipinski definition) is 1. The summed E-state index contributed by atoms with van der Waals surface area (Å²) in [6, 6.07) is 10.8. The lowest BCUT2D eigenvalue weighted by Crippen LogP contribution is -2.30. The van der Waals surface area contributed by atoms with Gasteiger partial charge in [0.25, 0.3) is 10.0 Å². The number of carbonyl (C=O) groups is 1. The molecule has 1 aromatic carbocycles. The lowest BCUT2D eigenvalue weighted by molar-refractivity contribution is 0.0656. The molecular formula is C13H13NO5S. The van der Waals surface area contributed by atoms with E-state index in [0.29, 0.717) is 5.69 Å². The van der Waals surface area contributed by atoms with Crippen LogP contribution in [0.15, 0.2) is 52.0 Å². The van der Waals surface area contributed by atoms with E-state index in [-0.39, 0.29) is 11.6 Å². The highest BCUT2D eigenvalue weighted by molar-refractivity contribution is 7.92. The van der Waals surface area contributed by atoms with Gasteiger partial charge in [-0.25, -0.2) is 4.79 Å². The fourth-order valence-electron chi connectivity index (χ4n) is 1.77. The van der Waals surface area contributed by atoms with E-state index < -0.39 is 21.8 Å². The molecule has 0 bridgehead atoms. The number of carboxylic acid groups (broad SMARTS) is 1. The molecule has 0 radical (unpaired) electrons. The summed E-state index contributed by atoms with van der Waals surface area (Å²) in [6.07, 6.45) is 0. The fourth-order valence-corrected chi connectivity index (χ4v) is 3.16. The van der Waals surface area contributed by atoms with Gasteiger partial charge in [-0.1, -0.05) is 18.2 Å². The van der Waals surface area contributed by atoms with Gasteiger partial charge in [0, 0.05) is 6.54 Å². The van der Waals surface area contributed by atoms with Crippen molar-refractivity contribution in [2.75, 3.05) is 10.8 Å². The molecule has 0 aliphatic rings. The smallest absolute Gasteiger partial charge is 0.371 e. The van der Waals surface area contributed by atoms with Crippen molar-refractivity contribution in [1.82, 2.24) is 0 Å². The Bertz CT molecular complexity index is 705. The predicted octanol–water partition coefficient (Wildman–Crippen LogP) is 2.19. The molecular weight excluding hydrogens is 282 g/mol. The molecule has 0 aliphatic carbocycles. The zero-order valence-corrected chi connectivity index (χ0v) is 11.5. The molecule has 0 unspecified atom stereocenters. The van der Waals surface area contributed by atoms with E-state index in [1.165, 1.54) is 0 Å². The van der Waals surface area contributed by atoms with Crippen LogP contribution < -0.4 is 4.31 Å². The first-order valence-corrected chi connectivity index (χ1v) is 7.31. The van der Waals surface area contributed by atoms with Crippen molar-refractivity contribution in [3.8, 4) is 0 Å². The number of anilines is 1. The van der Waals surface area contributed by atoms with Crippen LogP contribution in [0.5, 0.6) is 0 Å². The summed E-state index contributed by atoms with van der Waals surface area (Å²) in [5.41, 5.74) is 0.489. The Morgan fingerprint density at radius 1 is 1.20 bits per heavy atom. The average molecular weight is 295 g/mol. The highest BCUT2D eigenvalue weighted by Crippen LogP contribution is 2.24. The number of nitrogens with zero attached hydrogens (tertiary/aromatic N) is 1. The van der Waals surface area contributed by atoms with Gasteiger partial charge in [0.15, 0.2) is 0 Å². The van der Waals surface area contributed by atoms with Crippen molar-refractivity contribution in [3.63, 3.8) is 0 Å². The van der Waals surface area contributed by atoms with Crippen molar-refractivity contribution in [2.45, 2.75) is 12.0 Å². The van der Waals surface area contributed by atoms with Gasteiger partial charge in [-0.3, -0.25) is 4.31 Å². The molecule has 0 amide bonds. The molecule has 2 rings (SSSR count). The number of rotatable bonds is 5. The maximum Gasteiger partial charge on any atom is 0.371 e. The number of furan rings is 1. The molecule has 7 heteroatoms. The van der Waals surface area contributed by atoms with E-state index in [1.54, 1.807) is 37.3 Å². The van der Waals surface area contributed by atoms with Gasteiger partial charge >= 0.3 is 5.97 Å². The quantitative estimate of drug-likeness (QED) is 0.913. The molecule has 6 nitrogen and oxygen atoms in total. The number of carboxylic acids is 1. The van der Waals surface area contributed by atoms with E-state index >= 15 is 0 Å². The number of para-hydroxylation sites is 1. The first-order chi connectivity index (χ1) is 9.46. The Hall–Kier alpha value is -2.28. The van der Waals surface area contributed by atoms with Crippen molar-refractivity contribution < 1.29 is 22.7 Å². The van der Waals surface area contributed by atoms with Gasteiger partial charge in [0.05, 0.1) is 5.69 Å². The molecule has 1 heterocycles. The summed E-state index contributed by atoms with van der Waals surface area (Å²) in [7, 11) is -3.91. The third-order valence-electron chi connectivity index (χ3n) is 2.67. The average Bonchev–Trinajstić information content (AvgIpc) is 2.91. The molecule has 0 fully saturated rings. The number of benzene rings is 1. The number of sulfonamides is 1. The molecule has 2 aromatic rings. The van der Waals surface area contributed by atoms with E-state index in [2.05, 4.69) is 0 Å². The van der Waals surface area contributed by atoms with E-state index in [9.17, 15) is 13.2 Å². The second-order valence-electron chi connectivity index (χ2n) is 3.93. The lowest BCUT2D eigenvalue weighted by Gasteiger charge is -2.21. The zero-order chi connectivity index (χ0) is 14.8. The van der Waals surface area contributed by atoms with Crippen molar-refractivity contribution in [3.05, 3.63) is 48.2 Å². The van der Waals surface area contributed by atoms with Crippen LogP contribution in [-0.2, 0) is 10.0 Å². The van der Waals surface area contributed by atoms with Crippen LogP contribution in [0.2, 0.25) is 0 Å². The summed E-state index contributed by atoms with van der Waals surface area (Å²) < 4.78 is 30.9. The minimum absolute atomic E-state index is 0.204. The summed E-state index contributed by atoms with van der Waals surface area (Å²) >= 11 is 0. The van der Waals surface area contributed by atoms with E-state index in [4.69, 9.17) is 9.52 Å². The predicted molar refractivity (Wildman–Crippen MR) is 72.3 cm³/mol. The Kier molecular flexibility index (Phi) is 3.80. The minimum atomic E-state index is -3.91. The first kappa shape index (κ1) is 14.1. The number of aromatic carboxylic acids is 1. The molecule has 0 saturated heterocycles. The van der Waals surface area contributed by atoms with Crippen LogP contribution in [0.3, 0.4) is 0 Å². The maximum atomic E-state index is 12.4. The summed E-state index contributed by atoms with van der Waals surface area (Å²) in [6.45, 7) is 1.89. The molecule has 0 atom stereocenters. The second kappa shape index (κ2) is 5.38. The highest BCUT2D eigenvalue weighted by atomic mass is 32.2. The third kappa shape index (κ3) is 2.53. The zero-order valence-electron chi connectivity index (χ0n) is 10.7. The molecule has 106 valence electrons. The normalized spacial score (nSPS) is 11.2. The third-order valence-corrected chi connectivity index (χ3v) is 4.45. The van der Waals surface area contributed by atoms with Crippen LogP contribution >= 0.6 is 0 Å². The Morgan fingerprint density at radius 3 is 2.35 bits per heavy atom. The van der Waals surface area contributed by atoms with Crippen LogP contribution in [-0.4, -0.2) is 26.0 Å². The molecule has 0 spiro atoms. The van der Waals surface area contributed by atoms with Crippen molar-refractivity contribution in [2.24, 2.45) is 0 Å². The second-order valence-corrected chi connectivity index (χ2v) is 5.72. The SMILES string of the molecule is CCN(c1ccccc1)S(=O)(=O)c1ccc(C(=O)O)o1. The van der Waals surface area contributed by atoms with E-state index in [0.717, 1.165) is 16.4 Å². The van der Waals surface area contributed by atoms with Crippen molar-refractivity contribution >= 4 is 21.7 Å². The topological polar surface area (TPSA) is 87.8 Å².